The molecule has 1 heterocycles. The Morgan fingerprint density at radius 2 is 2.26 bits per heavy atom. The van der Waals surface area contributed by atoms with Crippen LogP contribution in [0, 0.1) is 17.2 Å². The highest BCUT2D eigenvalue weighted by molar-refractivity contribution is 9.10. The van der Waals surface area contributed by atoms with Crippen molar-refractivity contribution in [2.24, 2.45) is 5.92 Å². The largest absolute Gasteiger partial charge is 0.343 e. The van der Waals surface area contributed by atoms with Crippen LogP contribution in [0.2, 0.25) is 0 Å². The van der Waals surface area contributed by atoms with Crippen LogP contribution in [0.3, 0.4) is 0 Å². The summed E-state index contributed by atoms with van der Waals surface area (Å²) in [4.78, 5) is 14.3. The molecular formula is C14H20BrN3O. The number of amides is 1. The minimum absolute atomic E-state index is 0.00324. The van der Waals surface area contributed by atoms with E-state index in [1.807, 2.05) is 23.8 Å². The van der Waals surface area contributed by atoms with Crippen LogP contribution in [-0.4, -0.2) is 28.5 Å². The second-order valence-electron chi connectivity index (χ2n) is 4.88. The number of nitrogens with zero attached hydrogens (tertiary/aromatic N) is 3. The van der Waals surface area contributed by atoms with Crippen LogP contribution in [0.25, 0.3) is 0 Å². The zero-order valence-corrected chi connectivity index (χ0v) is 13.3. The Balaban J connectivity index is 2.94. The Morgan fingerprint density at radius 1 is 1.58 bits per heavy atom. The van der Waals surface area contributed by atoms with Crippen LogP contribution in [0.5, 0.6) is 0 Å². The lowest BCUT2D eigenvalue weighted by Crippen LogP contribution is -2.36. The topological polar surface area (TPSA) is 49.0 Å². The van der Waals surface area contributed by atoms with Gasteiger partial charge in [0.25, 0.3) is 5.91 Å². The van der Waals surface area contributed by atoms with E-state index in [4.69, 9.17) is 5.26 Å². The lowest BCUT2D eigenvalue weighted by atomic mass is 10.2. The van der Waals surface area contributed by atoms with E-state index in [2.05, 4.69) is 35.8 Å². The molecule has 1 aromatic heterocycles. The number of carbonyl (C=O) groups is 1. The van der Waals surface area contributed by atoms with E-state index in [9.17, 15) is 4.79 Å². The van der Waals surface area contributed by atoms with Gasteiger partial charge < -0.3 is 9.47 Å². The Labute approximate surface area is 123 Å². The minimum atomic E-state index is -0.00324. The van der Waals surface area contributed by atoms with Crippen LogP contribution >= 0.6 is 15.9 Å². The van der Waals surface area contributed by atoms with Gasteiger partial charge in [0.15, 0.2) is 0 Å². The van der Waals surface area contributed by atoms with Crippen LogP contribution in [0.1, 0.15) is 37.7 Å². The van der Waals surface area contributed by atoms with Gasteiger partial charge in [-0.1, -0.05) is 13.8 Å². The molecule has 0 radical (unpaired) electrons. The molecule has 0 saturated carbocycles. The van der Waals surface area contributed by atoms with Gasteiger partial charge in [-0.25, -0.2) is 0 Å². The minimum Gasteiger partial charge on any atom is -0.343 e. The first-order valence-corrected chi connectivity index (χ1v) is 7.30. The van der Waals surface area contributed by atoms with Gasteiger partial charge in [-0.05, 0) is 34.8 Å². The molecule has 0 aliphatic rings. The van der Waals surface area contributed by atoms with Gasteiger partial charge in [-0.2, -0.15) is 5.26 Å². The fourth-order valence-electron chi connectivity index (χ4n) is 1.98. The van der Waals surface area contributed by atoms with Crippen LogP contribution in [-0.2, 0) is 6.54 Å². The normalized spacial score (nSPS) is 10.5. The van der Waals surface area contributed by atoms with Gasteiger partial charge in [0.05, 0.1) is 12.5 Å². The van der Waals surface area contributed by atoms with E-state index >= 15 is 0 Å². The highest BCUT2D eigenvalue weighted by atomic mass is 79.9. The second-order valence-corrected chi connectivity index (χ2v) is 5.80. The highest BCUT2D eigenvalue weighted by Crippen LogP contribution is 2.17. The van der Waals surface area contributed by atoms with E-state index in [0.717, 1.165) is 11.0 Å². The summed E-state index contributed by atoms with van der Waals surface area (Å²) in [5.41, 5.74) is 0.674. The van der Waals surface area contributed by atoms with Crippen molar-refractivity contribution in [2.45, 2.75) is 33.7 Å². The van der Waals surface area contributed by atoms with Crippen molar-refractivity contribution in [2.75, 3.05) is 13.1 Å². The fraction of sp³-hybridized carbons (Fsp3) is 0.571. The van der Waals surface area contributed by atoms with E-state index in [-0.39, 0.29) is 5.91 Å². The summed E-state index contributed by atoms with van der Waals surface area (Å²) in [6.07, 6.45) is 2.28. The first-order chi connectivity index (χ1) is 8.99. The monoisotopic (exact) mass is 325 g/mol. The van der Waals surface area contributed by atoms with Gasteiger partial charge in [-0.15, -0.1) is 0 Å². The third-order valence-electron chi connectivity index (χ3n) is 2.79. The third kappa shape index (κ3) is 4.39. The molecule has 5 heteroatoms. The van der Waals surface area contributed by atoms with Gasteiger partial charge in [0, 0.05) is 30.3 Å². The van der Waals surface area contributed by atoms with Gasteiger partial charge in [0.2, 0.25) is 0 Å². The fourth-order valence-corrected chi connectivity index (χ4v) is 2.44. The maximum absolute atomic E-state index is 12.6. The Hall–Kier alpha value is -1.28. The van der Waals surface area contributed by atoms with Crippen molar-refractivity contribution in [3.63, 3.8) is 0 Å². The SMILES string of the molecule is CCn1cc(Br)cc1C(=O)N(CCC#N)CC(C)C. The number of carbonyl (C=O) groups excluding carboxylic acids is 1. The molecule has 4 nitrogen and oxygen atoms in total. The number of halogens is 1. The Morgan fingerprint density at radius 3 is 2.79 bits per heavy atom. The molecule has 0 spiro atoms. The summed E-state index contributed by atoms with van der Waals surface area (Å²) in [5, 5.41) is 8.71. The van der Waals surface area contributed by atoms with Crippen LogP contribution in [0.4, 0.5) is 0 Å². The quantitative estimate of drug-likeness (QED) is 0.805. The molecule has 0 bridgehead atoms. The van der Waals surface area contributed by atoms with Crippen molar-refractivity contribution in [1.29, 1.82) is 5.26 Å². The first kappa shape index (κ1) is 15.8. The molecule has 0 aliphatic carbocycles. The van der Waals surface area contributed by atoms with E-state index in [1.54, 1.807) is 4.90 Å². The number of hydrogen-bond acceptors (Lipinski definition) is 2. The molecular weight excluding hydrogens is 306 g/mol. The van der Waals surface area contributed by atoms with E-state index in [1.165, 1.54) is 0 Å². The summed E-state index contributed by atoms with van der Waals surface area (Å²) in [6, 6.07) is 3.94. The summed E-state index contributed by atoms with van der Waals surface area (Å²) in [6.45, 7) is 8.06. The Bertz CT molecular complexity index is 474. The summed E-state index contributed by atoms with van der Waals surface area (Å²) in [7, 11) is 0. The zero-order chi connectivity index (χ0) is 14.4. The Kier molecular flexibility index (Phi) is 6.10. The summed E-state index contributed by atoms with van der Waals surface area (Å²) >= 11 is 3.40. The van der Waals surface area contributed by atoms with Gasteiger partial charge in [0.1, 0.15) is 5.69 Å². The number of hydrogen-bond donors (Lipinski definition) is 0. The molecule has 1 aromatic rings. The predicted molar refractivity (Wildman–Crippen MR) is 78.8 cm³/mol. The summed E-state index contributed by atoms with van der Waals surface area (Å²) in [5.74, 6) is 0.382. The first-order valence-electron chi connectivity index (χ1n) is 6.51. The highest BCUT2D eigenvalue weighted by Gasteiger charge is 2.20. The van der Waals surface area contributed by atoms with Gasteiger partial charge in [-0.3, -0.25) is 4.79 Å². The molecule has 0 unspecified atom stereocenters. The predicted octanol–water partition coefficient (Wildman–Crippen LogP) is 3.28. The molecule has 0 atom stereocenters. The molecule has 0 fully saturated rings. The number of rotatable bonds is 6. The lowest BCUT2D eigenvalue weighted by molar-refractivity contribution is 0.0729. The molecule has 1 amide bonds. The molecule has 0 aliphatic heterocycles. The third-order valence-corrected chi connectivity index (χ3v) is 3.22. The van der Waals surface area contributed by atoms with Crippen molar-refractivity contribution < 1.29 is 4.79 Å². The molecule has 0 aromatic carbocycles. The molecule has 0 N–H and O–H groups in total. The maximum atomic E-state index is 12.6. The van der Waals surface area contributed by atoms with Crippen LogP contribution < -0.4 is 0 Å². The summed E-state index contributed by atoms with van der Waals surface area (Å²) < 4.78 is 2.83. The van der Waals surface area contributed by atoms with E-state index < -0.39 is 0 Å². The van der Waals surface area contributed by atoms with Crippen molar-refractivity contribution in [1.82, 2.24) is 9.47 Å². The number of nitriles is 1. The maximum Gasteiger partial charge on any atom is 0.270 e. The average molecular weight is 326 g/mol. The van der Waals surface area contributed by atoms with E-state index in [0.29, 0.717) is 31.1 Å². The molecule has 104 valence electrons. The molecule has 19 heavy (non-hydrogen) atoms. The lowest BCUT2D eigenvalue weighted by Gasteiger charge is -2.24. The standard InChI is InChI=1S/C14H20BrN3O/c1-4-17-10-12(15)8-13(17)14(19)18(7-5-6-16)9-11(2)3/h8,10-11H,4-5,7,9H2,1-3H3. The van der Waals surface area contributed by atoms with Crippen molar-refractivity contribution in [3.8, 4) is 6.07 Å². The zero-order valence-electron chi connectivity index (χ0n) is 11.7. The smallest absolute Gasteiger partial charge is 0.270 e. The van der Waals surface area contributed by atoms with Crippen molar-refractivity contribution in [3.05, 3.63) is 22.4 Å². The van der Waals surface area contributed by atoms with Crippen LogP contribution in [0.15, 0.2) is 16.7 Å². The number of aromatic nitrogens is 1. The number of aryl methyl sites for hydroxylation is 1. The van der Waals surface area contributed by atoms with Crippen molar-refractivity contribution >= 4 is 21.8 Å². The average Bonchev–Trinajstić information content (AvgIpc) is 2.74. The second kappa shape index (κ2) is 7.34. The molecule has 0 saturated heterocycles. The van der Waals surface area contributed by atoms with Gasteiger partial charge >= 0.3 is 0 Å². The molecule has 1 rings (SSSR count).